The number of hydrazine groups is 1. The van der Waals surface area contributed by atoms with Crippen LogP contribution < -0.4 is 10.9 Å². The summed E-state index contributed by atoms with van der Waals surface area (Å²) in [5.41, 5.74) is 8.10. The van der Waals surface area contributed by atoms with Gasteiger partial charge in [-0.25, -0.2) is 0 Å². The third-order valence-corrected chi connectivity index (χ3v) is 3.55. The largest absolute Gasteiger partial charge is 0.307 e. The maximum Gasteiger partial charge on any atom is 0.0660 e. The van der Waals surface area contributed by atoms with Crippen molar-refractivity contribution in [2.45, 2.75) is 0 Å². The molecule has 3 rings (SSSR count). The molecule has 0 saturated heterocycles. The van der Waals surface area contributed by atoms with Gasteiger partial charge in [-0.2, -0.15) is 0 Å². The third kappa shape index (κ3) is 3.18. The molecule has 0 unspecified atom stereocenters. The smallest absolute Gasteiger partial charge is 0.0660 e. The molecule has 0 saturated carbocycles. The SMILES string of the molecule is Cl/C(=C/NNc1ccccc1)c1cccc2ccccc12. The number of halogens is 1. The molecule has 3 aromatic carbocycles. The van der Waals surface area contributed by atoms with E-state index in [-0.39, 0.29) is 0 Å². The fraction of sp³-hybridized carbons (Fsp3) is 0. The van der Waals surface area contributed by atoms with E-state index in [2.05, 4.69) is 29.1 Å². The summed E-state index contributed by atoms with van der Waals surface area (Å²) in [5, 5.41) is 2.98. The van der Waals surface area contributed by atoms with E-state index in [4.69, 9.17) is 11.6 Å². The summed E-state index contributed by atoms with van der Waals surface area (Å²) >= 11 is 6.41. The van der Waals surface area contributed by atoms with Gasteiger partial charge in [0.2, 0.25) is 0 Å². The van der Waals surface area contributed by atoms with Gasteiger partial charge in [0.15, 0.2) is 0 Å². The van der Waals surface area contributed by atoms with Crippen molar-refractivity contribution >= 4 is 33.1 Å². The van der Waals surface area contributed by atoms with Crippen molar-refractivity contribution in [1.29, 1.82) is 0 Å². The van der Waals surface area contributed by atoms with E-state index in [1.807, 2.05) is 54.6 Å². The third-order valence-electron chi connectivity index (χ3n) is 3.24. The number of fused-ring (bicyclic) bond motifs is 1. The van der Waals surface area contributed by atoms with Gasteiger partial charge in [-0.1, -0.05) is 72.3 Å². The zero-order valence-electron chi connectivity index (χ0n) is 11.4. The zero-order chi connectivity index (χ0) is 14.5. The van der Waals surface area contributed by atoms with Crippen LogP contribution in [0.3, 0.4) is 0 Å². The summed E-state index contributed by atoms with van der Waals surface area (Å²) in [6.45, 7) is 0. The normalized spacial score (nSPS) is 11.4. The van der Waals surface area contributed by atoms with Gasteiger partial charge in [0.1, 0.15) is 0 Å². The first-order valence-corrected chi connectivity index (χ1v) is 7.13. The summed E-state index contributed by atoms with van der Waals surface area (Å²) in [6.07, 6.45) is 1.76. The molecule has 2 N–H and O–H groups in total. The Morgan fingerprint density at radius 2 is 1.52 bits per heavy atom. The monoisotopic (exact) mass is 294 g/mol. The minimum absolute atomic E-state index is 0.662. The quantitative estimate of drug-likeness (QED) is 0.662. The van der Waals surface area contributed by atoms with E-state index in [0.717, 1.165) is 16.6 Å². The summed E-state index contributed by atoms with van der Waals surface area (Å²) in [5.74, 6) is 0. The first-order chi connectivity index (χ1) is 10.3. The number of benzene rings is 3. The van der Waals surface area contributed by atoms with E-state index < -0.39 is 0 Å². The molecule has 0 spiro atoms. The maximum absolute atomic E-state index is 6.41. The number of hydrogen-bond acceptors (Lipinski definition) is 2. The Hall–Kier alpha value is -2.45. The van der Waals surface area contributed by atoms with Gasteiger partial charge in [-0.3, -0.25) is 0 Å². The molecule has 0 amide bonds. The Balaban J connectivity index is 1.80. The van der Waals surface area contributed by atoms with Crippen LogP contribution >= 0.6 is 11.6 Å². The molecule has 104 valence electrons. The highest BCUT2D eigenvalue weighted by Crippen LogP contribution is 2.26. The number of hydrogen-bond donors (Lipinski definition) is 2. The lowest BCUT2D eigenvalue weighted by Crippen LogP contribution is -2.14. The van der Waals surface area contributed by atoms with Crippen molar-refractivity contribution in [2.75, 3.05) is 5.43 Å². The van der Waals surface area contributed by atoms with Crippen LogP contribution in [0.4, 0.5) is 5.69 Å². The zero-order valence-corrected chi connectivity index (χ0v) is 12.1. The number of para-hydroxylation sites is 1. The summed E-state index contributed by atoms with van der Waals surface area (Å²) in [7, 11) is 0. The van der Waals surface area contributed by atoms with Gasteiger partial charge < -0.3 is 10.9 Å². The second-order valence-electron chi connectivity index (χ2n) is 4.65. The average Bonchev–Trinajstić information content (AvgIpc) is 2.55. The van der Waals surface area contributed by atoms with Crippen molar-refractivity contribution in [3.05, 3.63) is 84.6 Å². The van der Waals surface area contributed by atoms with Gasteiger partial charge in [-0.05, 0) is 22.9 Å². The van der Waals surface area contributed by atoms with Crippen molar-refractivity contribution in [2.24, 2.45) is 0 Å². The van der Waals surface area contributed by atoms with E-state index in [9.17, 15) is 0 Å². The molecule has 0 aliphatic rings. The second-order valence-corrected chi connectivity index (χ2v) is 5.06. The first kappa shape index (κ1) is 13.5. The van der Waals surface area contributed by atoms with Crippen LogP contribution in [-0.4, -0.2) is 0 Å². The highest BCUT2D eigenvalue weighted by molar-refractivity contribution is 6.49. The molecule has 0 aromatic heterocycles. The molecular formula is C18H15ClN2. The maximum atomic E-state index is 6.41. The predicted octanol–water partition coefficient (Wildman–Crippen LogP) is 4.99. The van der Waals surface area contributed by atoms with E-state index in [1.54, 1.807) is 6.20 Å². The predicted molar refractivity (Wildman–Crippen MR) is 91.0 cm³/mol. The van der Waals surface area contributed by atoms with Crippen molar-refractivity contribution < 1.29 is 0 Å². The van der Waals surface area contributed by atoms with Gasteiger partial charge >= 0.3 is 0 Å². The van der Waals surface area contributed by atoms with Crippen LogP contribution in [0.15, 0.2) is 79.0 Å². The highest BCUT2D eigenvalue weighted by atomic mass is 35.5. The van der Waals surface area contributed by atoms with E-state index >= 15 is 0 Å². The average molecular weight is 295 g/mol. The fourth-order valence-corrected chi connectivity index (χ4v) is 2.44. The summed E-state index contributed by atoms with van der Waals surface area (Å²) in [6, 6.07) is 24.2. The van der Waals surface area contributed by atoms with Crippen LogP contribution in [0, 0.1) is 0 Å². The molecule has 2 nitrogen and oxygen atoms in total. The first-order valence-electron chi connectivity index (χ1n) is 6.75. The number of anilines is 1. The van der Waals surface area contributed by atoms with Crippen LogP contribution in [0.5, 0.6) is 0 Å². The molecule has 3 aromatic rings. The molecule has 3 heteroatoms. The lowest BCUT2D eigenvalue weighted by molar-refractivity contribution is 1.06. The Kier molecular flexibility index (Phi) is 4.08. The second kappa shape index (κ2) is 6.33. The molecule has 21 heavy (non-hydrogen) atoms. The molecule has 0 aliphatic carbocycles. The molecular weight excluding hydrogens is 280 g/mol. The van der Waals surface area contributed by atoms with Gasteiger partial charge in [-0.15, -0.1) is 0 Å². The topological polar surface area (TPSA) is 24.1 Å². The van der Waals surface area contributed by atoms with Crippen LogP contribution in [0.2, 0.25) is 0 Å². The van der Waals surface area contributed by atoms with Gasteiger partial charge in [0.05, 0.1) is 10.7 Å². The molecule has 0 bridgehead atoms. The van der Waals surface area contributed by atoms with E-state index in [0.29, 0.717) is 5.03 Å². The van der Waals surface area contributed by atoms with Gasteiger partial charge in [0, 0.05) is 11.8 Å². The van der Waals surface area contributed by atoms with Crippen molar-refractivity contribution in [1.82, 2.24) is 5.43 Å². The standard InChI is InChI=1S/C18H15ClN2/c19-18(13-20-21-15-9-2-1-3-10-15)17-12-6-8-14-7-4-5-11-16(14)17/h1-13,20-21H/b18-13+. The summed E-state index contributed by atoms with van der Waals surface area (Å²) < 4.78 is 0. The Morgan fingerprint density at radius 3 is 2.38 bits per heavy atom. The number of nitrogens with one attached hydrogen (secondary N) is 2. The lowest BCUT2D eigenvalue weighted by atomic mass is 10.0. The molecule has 0 radical (unpaired) electrons. The Morgan fingerprint density at radius 1 is 0.810 bits per heavy atom. The number of rotatable bonds is 4. The van der Waals surface area contributed by atoms with Crippen LogP contribution in [0.1, 0.15) is 5.56 Å². The van der Waals surface area contributed by atoms with Crippen LogP contribution in [-0.2, 0) is 0 Å². The molecule has 0 aliphatic heterocycles. The van der Waals surface area contributed by atoms with Gasteiger partial charge in [0.25, 0.3) is 0 Å². The molecule has 0 heterocycles. The minimum atomic E-state index is 0.662. The lowest BCUT2D eigenvalue weighted by Gasteiger charge is -2.08. The molecule has 0 fully saturated rings. The molecule has 0 atom stereocenters. The Labute approximate surface area is 129 Å². The van der Waals surface area contributed by atoms with Crippen molar-refractivity contribution in [3.63, 3.8) is 0 Å². The highest BCUT2D eigenvalue weighted by Gasteiger charge is 2.03. The van der Waals surface area contributed by atoms with E-state index in [1.165, 1.54) is 5.39 Å². The minimum Gasteiger partial charge on any atom is -0.307 e. The summed E-state index contributed by atoms with van der Waals surface area (Å²) in [4.78, 5) is 0. The van der Waals surface area contributed by atoms with Crippen LogP contribution in [0.25, 0.3) is 15.8 Å². The van der Waals surface area contributed by atoms with Crippen molar-refractivity contribution in [3.8, 4) is 0 Å². The fourth-order valence-electron chi connectivity index (χ4n) is 2.22. The Bertz CT molecular complexity index is 761.